The standard InChI is InChI=1S/C16H15BrN4O3/c1-20-6-9(17)12(18-20)13(22)19-21-14(23)10-7-2-3-8(11(10)15(21)24)16(7)4-5-16/h2-3,6-8,10-11H,4-5H2,1H3,(H,19,22)/t7-,8+,10+,11-. The van der Waals surface area contributed by atoms with Crippen molar-refractivity contribution in [2.75, 3.05) is 0 Å². The zero-order valence-electron chi connectivity index (χ0n) is 12.9. The molecular weight excluding hydrogens is 376 g/mol. The van der Waals surface area contributed by atoms with E-state index in [1.807, 2.05) is 0 Å². The molecule has 1 aromatic rings. The quantitative estimate of drug-likeness (QED) is 0.603. The minimum absolute atomic E-state index is 0.146. The molecule has 124 valence electrons. The monoisotopic (exact) mass is 390 g/mol. The van der Waals surface area contributed by atoms with Gasteiger partial charge >= 0.3 is 0 Å². The number of carbonyl (C=O) groups excluding carboxylic acids is 3. The molecule has 4 atom stereocenters. The van der Waals surface area contributed by atoms with Gasteiger partial charge in [0, 0.05) is 13.2 Å². The van der Waals surface area contributed by atoms with Gasteiger partial charge in [0.05, 0.1) is 16.3 Å². The average Bonchev–Trinajstić information content (AvgIpc) is 2.99. The molecule has 24 heavy (non-hydrogen) atoms. The van der Waals surface area contributed by atoms with Crippen molar-refractivity contribution in [1.29, 1.82) is 0 Å². The van der Waals surface area contributed by atoms with Crippen molar-refractivity contribution in [3.8, 4) is 0 Å². The molecule has 1 aliphatic heterocycles. The first-order valence-corrected chi connectivity index (χ1v) is 8.79. The topological polar surface area (TPSA) is 84.3 Å². The number of aromatic nitrogens is 2. The van der Waals surface area contributed by atoms with E-state index in [4.69, 9.17) is 0 Å². The van der Waals surface area contributed by atoms with Crippen LogP contribution in [-0.4, -0.2) is 32.5 Å². The molecule has 2 saturated carbocycles. The number of amides is 3. The number of aryl methyl sites for hydroxylation is 1. The lowest BCUT2D eigenvalue weighted by Gasteiger charge is -2.21. The average molecular weight is 391 g/mol. The molecule has 5 rings (SSSR count). The van der Waals surface area contributed by atoms with Crippen LogP contribution in [0.25, 0.3) is 0 Å². The highest BCUT2D eigenvalue weighted by Crippen LogP contribution is 2.73. The van der Waals surface area contributed by atoms with E-state index < -0.39 is 5.91 Å². The van der Waals surface area contributed by atoms with Crippen LogP contribution in [0.15, 0.2) is 22.8 Å². The molecule has 2 bridgehead atoms. The molecule has 1 spiro atoms. The van der Waals surface area contributed by atoms with Crippen LogP contribution in [0, 0.1) is 29.1 Å². The number of hydrogen-bond acceptors (Lipinski definition) is 4. The number of carbonyl (C=O) groups is 3. The van der Waals surface area contributed by atoms with Gasteiger partial charge in [-0.15, -0.1) is 0 Å². The van der Waals surface area contributed by atoms with E-state index in [1.165, 1.54) is 4.68 Å². The Labute approximate surface area is 146 Å². The zero-order chi connectivity index (χ0) is 16.8. The number of allylic oxidation sites excluding steroid dienone is 2. The fourth-order valence-electron chi connectivity index (χ4n) is 4.96. The largest absolute Gasteiger partial charge is 0.291 e. The molecule has 0 radical (unpaired) electrons. The molecule has 7 nitrogen and oxygen atoms in total. The van der Waals surface area contributed by atoms with E-state index in [0.717, 1.165) is 17.9 Å². The molecule has 4 aliphatic rings. The SMILES string of the molecule is Cn1cc(Br)c(C(=O)NN2C(=O)[C@@H]3[C@H](C2=O)[C@@H]2C=C[C@H]3C23CC3)n1. The van der Waals surface area contributed by atoms with E-state index in [2.05, 4.69) is 38.6 Å². The predicted octanol–water partition coefficient (Wildman–Crippen LogP) is 1.02. The van der Waals surface area contributed by atoms with E-state index >= 15 is 0 Å². The van der Waals surface area contributed by atoms with Gasteiger partial charge in [0.2, 0.25) is 0 Å². The van der Waals surface area contributed by atoms with Gasteiger partial charge < -0.3 is 0 Å². The summed E-state index contributed by atoms with van der Waals surface area (Å²) in [5, 5.41) is 4.96. The Balaban J connectivity index is 1.42. The zero-order valence-corrected chi connectivity index (χ0v) is 14.5. The molecule has 1 saturated heterocycles. The Morgan fingerprint density at radius 2 is 1.83 bits per heavy atom. The number of hydrogen-bond donors (Lipinski definition) is 1. The number of rotatable bonds is 2. The van der Waals surface area contributed by atoms with Gasteiger partial charge in [0.15, 0.2) is 5.69 Å². The van der Waals surface area contributed by atoms with Crippen LogP contribution in [0.2, 0.25) is 0 Å². The van der Waals surface area contributed by atoms with Crippen molar-refractivity contribution in [3.63, 3.8) is 0 Å². The van der Waals surface area contributed by atoms with E-state index in [9.17, 15) is 14.4 Å². The Morgan fingerprint density at radius 1 is 1.25 bits per heavy atom. The molecule has 3 aliphatic carbocycles. The van der Waals surface area contributed by atoms with E-state index in [0.29, 0.717) is 4.47 Å². The summed E-state index contributed by atoms with van der Waals surface area (Å²) in [6, 6.07) is 0. The second-order valence-corrected chi connectivity index (χ2v) is 8.03. The molecule has 8 heteroatoms. The van der Waals surface area contributed by atoms with Crippen molar-refractivity contribution >= 4 is 33.7 Å². The summed E-state index contributed by atoms with van der Waals surface area (Å²) in [6.07, 6.45) is 8.03. The highest BCUT2D eigenvalue weighted by atomic mass is 79.9. The van der Waals surface area contributed by atoms with Crippen molar-refractivity contribution in [1.82, 2.24) is 20.2 Å². The number of fused-ring (bicyclic) bond motifs is 3. The van der Waals surface area contributed by atoms with Gasteiger partial charge in [-0.3, -0.25) is 24.5 Å². The summed E-state index contributed by atoms with van der Waals surface area (Å²) >= 11 is 3.26. The van der Waals surface area contributed by atoms with Gasteiger partial charge in [-0.2, -0.15) is 10.1 Å². The van der Waals surface area contributed by atoms with E-state index in [1.54, 1.807) is 13.2 Å². The van der Waals surface area contributed by atoms with Gasteiger partial charge in [-0.1, -0.05) is 12.2 Å². The third kappa shape index (κ3) is 1.57. The number of nitrogens with one attached hydrogen (secondary N) is 1. The van der Waals surface area contributed by atoms with Gasteiger partial charge in [0.25, 0.3) is 17.7 Å². The van der Waals surface area contributed by atoms with Crippen LogP contribution in [-0.2, 0) is 16.6 Å². The van der Waals surface area contributed by atoms with Crippen molar-refractivity contribution < 1.29 is 14.4 Å². The maximum Gasteiger partial charge on any atom is 0.291 e. The fraction of sp³-hybridized carbons (Fsp3) is 0.500. The first-order chi connectivity index (χ1) is 11.4. The van der Waals surface area contributed by atoms with Crippen LogP contribution >= 0.6 is 15.9 Å². The van der Waals surface area contributed by atoms with Crippen molar-refractivity contribution in [2.45, 2.75) is 12.8 Å². The summed E-state index contributed by atoms with van der Waals surface area (Å²) in [5.41, 5.74) is 2.76. The molecule has 3 fully saturated rings. The maximum atomic E-state index is 12.8. The minimum Gasteiger partial charge on any atom is -0.274 e. The molecule has 1 aromatic heterocycles. The Hall–Kier alpha value is -1.96. The van der Waals surface area contributed by atoms with Crippen LogP contribution in [0.5, 0.6) is 0 Å². The van der Waals surface area contributed by atoms with Crippen LogP contribution < -0.4 is 5.43 Å². The molecule has 3 amide bonds. The first kappa shape index (κ1) is 14.4. The van der Waals surface area contributed by atoms with Crippen LogP contribution in [0.1, 0.15) is 23.3 Å². The summed E-state index contributed by atoms with van der Waals surface area (Å²) in [6.45, 7) is 0. The van der Waals surface area contributed by atoms with Gasteiger partial charge in [-0.25, -0.2) is 0 Å². The second kappa shape index (κ2) is 4.36. The minimum atomic E-state index is -0.564. The highest BCUT2D eigenvalue weighted by molar-refractivity contribution is 9.10. The first-order valence-electron chi connectivity index (χ1n) is 8.00. The molecular formula is C16H15BrN4O3. The lowest BCUT2D eigenvalue weighted by Crippen LogP contribution is -2.48. The Bertz CT molecular complexity index is 806. The fourth-order valence-corrected chi connectivity index (χ4v) is 5.51. The molecule has 2 heterocycles. The predicted molar refractivity (Wildman–Crippen MR) is 85.0 cm³/mol. The molecule has 1 N–H and O–H groups in total. The second-order valence-electron chi connectivity index (χ2n) is 7.17. The number of imide groups is 1. The molecule has 0 unspecified atom stereocenters. The normalized spacial score (nSPS) is 34.3. The third-order valence-electron chi connectivity index (χ3n) is 6.07. The van der Waals surface area contributed by atoms with Crippen LogP contribution in [0.4, 0.5) is 0 Å². The smallest absolute Gasteiger partial charge is 0.274 e. The van der Waals surface area contributed by atoms with E-state index in [-0.39, 0.29) is 46.6 Å². The summed E-state index contributed by atoms with van der Waals surface area (Å²) < 4.78 is 2.00. The number of nitrogens with zero attached hydrogens (tertiary/aromatic N) is 3. The lowest BCUT2D eigenvalue weighted by molar-refractivity contribution is -0.144. The maximum absolute atomic E-state index is 12.8. The van der Waals surface area contributed by atoms with Crippen LogP contribution in [0.3, 0.4) is 0 Å². The third-order valence-corrected chi connectivity index (χ3v) is 6.65. The highest BCUT2D eigenvalue weighted by Gasteiger charge is 2.73. The summed E-state index contributed by atoms with van der Waals surface area (Å²) in [5.74, 6) is -1.47. The number of hydrazine groups is 1. The summed E-state index contributed by atoms with van der Waals surface area (Å²) in [4.78, 5) is 37.9. The molecule has 0 aromatic carbocycles. The van der Waals surface area contributed by atoms with Gasteiger partial charge in [0.1, 0.15) is 0 Å². The Morgan fingerprint density at radius 3 is 2.29 bits per heavy atom. The lowest BCUT2D eigenvalue weighted by atomic mass is 9.85. The van der Waals surface area contributed by atoms with Crippen molar-refractivity contribution in [2.24, 2.45) is 36.1 Å². The summed E-state index contributed by atoms with van der Waals surface area (Å²) in [7, 11) is 1.69. The van der Waals surface area contributed by atoms with Crippen molar-refractivity contribution in [3.05, 3.63) is 28.5 Å². The number of halogens is 1. The van der Waals surface area contributed by atoms with Gasteiger partial charge in [-0.05, 0) is 46.0 Å². The Kier molecular flexibility index (Phi) is 2.61.